The van der Waals surface area contributed by atoms with Gasteiger partial charge in [0.25, 0.3) is 0 Å². The van der Waals surface area contributed by atoms with Crippen LogP contribution in [0.25, 0.3) is 0 Å². The maximum atomic E-state index is 6.03. The molecule has 1 aromatic heterocycles. The number of nitrogens with zero attached hydrogens (tertiary/aromatic N) is 2. The van der Waals surface area contributed by atoms with Gasteiger partial charge in [0.15, 0.2) is 4.67 Å². The van der Waals surface area contributed by atoms with Gasteiger partial charge in [0.2, 0.25) is 0 Å². The Morgan fingerprint density at radius 1 is 1.35 bits per heavy atom. The monoisotopic (exact) mass is 405 g/mol. The van der Waals surface area contributed by atoms with Crippen LogP contribution in [0.5, 0.6) is 0 Å². The van der Waals surface area contributed by atoms with Crippen molar-refractivity contribution in [2.24, 2.45) is 5.73 Å². The average molecular weight is 407 g/mol. The zero-order chi connectivity index (χ0) is 14.3. The standard InChI is InChI=1S/C14H21Br2N3O/c1-18-9-2-3-10(18)8-19(5-4-9)12(7-17)13-6-11(15)14(16)20-13/h6,9-10,12H,2-5,7-8,17H2,1H3. The second kappa shape index (κ2) is 6.08. The summed E-state index contributed by atoms with van der Waals surface area (Å²) in [7, 11) is 2.27. The molecule has 3 heterocycles. The van der Waals surface area contributed by atoms with Gasteiger partial charge in [-0.05, 0) is 64.2 Å². The van der Waals surface area contributed by atoms with Gasteiger partial charge in [0.05, 0.1) is 10.5 Å². The van der Waals surface area contributed by atoms with Crippen LogP contribution in [0, 0.1) is 0 Å². The molecule has 2 aliphatic rings. The van der Waals surface area contributed by atoms with Gasteiger partial charge in [0.1, 0.15) is 5.76 Å². The first kappa shape index (κ1) is 15.0. The predicted octanol–water partition coefficient (Wildman–Crippen LogP) is 2.97. The number of fused-ring (bicyclic) bond motifs is 2. The predicted molar refractivity (Wildman–Crippen MR) is 86.7 cm³/mol. The minimum absolute atomic E-state index is 0.172. The quantitative estimate of drug-likeness (QED) is 0.837. The number of nitrogens with two attached hydrogens (primary N) is 1. The summed E-state index contributed by atoms with van der Waals surface area (Å²) in [4.78, 5) is 5.06. The largest absolute Gasteiger partial charge is 0.451 e. The summed E-state index contributed by atoms with van der Waals surface area (Å²) in [6.45, 7) is 2.78. The third-order valence-corrected chi connectivity index (χ3v) is 6.55. The number of hydrogen-bond donors (Lipinski definition) is 1. The molecule has 3 unspecified atom stereocenters. The normalized spacial score (nSPS) is 29.6. The van der Waals surface area contributed by atoms with E-state index in [4.69, 9.17) is 10.2 Å². The van der Waals surface area contributed by atoms with Crippen LogP contribution in [0.2, 0.25) is 0 Å². The molecule has 0 aliphatic carbocycles. The van der Waals surface area contributed by atoms with Crippen LogP contribution in [-0.4, -0.2) is 48.6 Å². The number of rotatable bonds is 3. The summed E-state index contributed by atoms with van der Waals surface area (Å²) in [5.41, 5.74) is 6.03. The fraction of sp³-hybridized carbons (Fsp3) is 0.714. The molecule has 0 spiro atoms. The lowest BCUT2D eigenvalue weighted by molar-refractivity contribution is 0.157. The molecule has 0 amide bonds. The summed E-state index contributed by atoms with van der Waals surface area (Å²) >= 11 is 6.90. The summed E-state index contributed by atoms with van der Waals surface area (Å²) in [6, 6.07) is 3.62. The first-order valence-electron chi connectivity index (χ1n) is 7.21. The molecular formula is C14H21Br2N3O. The summed E-state index contributed by atoms with van der Waals surface area (Å²) in [6.07, 6.45) is 3.88. The summed E-state index contributed by atoms with van der Waals surface area (Å²) in [5.74, 6) is 0.951. The van der Waals surface area contributed by atoms with Gasteiger partial charge in [-0.2, -0.15) is 0 Å². The van der Waals surface area contributed by atoms with Crippen LogP contribution < -0.4 is 5.73 Å². The molecule has 6 heteroatoms. The molecule has 20 heavy (non-hydrogen) atoms. The van der Waals surface area contributed by atoms with Gasteiger partial charge >= 0.3 is 0 Å². The Hall–Kier alpha value is 0.120. The Kier molecular flexibility index (Phi) is 4.57. The van der Waals surface area contributed by atoms with E-state index in [1.165, 1.54) is 19.3 Å². The third kappa shape index (κ3) is 2.73. The SMILES string of the molecule is CN1C2CCC1CN(C(CN)c1cc(Br)c(Br)o1)CC2. The molecule has 4 nitrogen and oxygen atoms in total. The highest BCUT2D eigenvalue weighted by atomic mass is 79.9. The van der Waals surface area contributed by atoms with E-state index in [9.17, 15) is 0 Å². The summed E-state index contributed by atoms with van der Waals surface area (Å²) in [5, 5.41) is 0. The van der Waals surface area contributed by atoms with E-state index in [-0.39, 0.29) is 6.04 Å². The van der Waals surface area contributed by atoms with Crippen molar-refractivity contribution in [3.05, 3.63) is 21.0 Å². The molecule has 3 atom stereocenters. The molecule has 2 saturated heterocycles. The lowest BCUT2D eigenvalue weighted by atomic mass is 10.1. The zero-order valence-electron chi connectivity index (χ0n) is 11.7. The Morgan fingerprint density at radius 3 is 2.75 bits per heavy atom. The van der Waals surface area contributed by atoms with Crippen molar-refractivity contribution in [2.45, 2.75) is 37.4 Å². The minimum Gasteiger partial charge on any atom is -0.451 e. The molecule has 0 radical (unpaired) electrons. The summed E-state index contributed by atoms with van der Waals surface area (Å²) < 4.78 is 7.51. The second-order valence-corrected chi connectivity index (χ2v) is 7.43. The second-order valence-electron chi connectivity index (χ2n) is 5.86. The molecule has 0 aromatic carbocycles. The molecule has 1 aromatic rings. The van der Waals surface area contributed by atoms with Crippen LogP contribution >= 0.6 is 31.9 Å². The molecule has 0 saturated carbocycles. The van der Waals surface area contributed by atoms with Gasteiger partial charge in [-0.25, -0.2) is 0 Å². The Balaban J connectivity index is 1.79. The maximum absolute atomic E-state index is 6.03. The first-order chi connectivity index (χ1) is 9.60. The van der Waals surface area contributed by atoms with Gasteiger partial charge in [0, 0.05) is 31.7 Å². The van der Waals surface area contributed by atoms with Gasteiger partial charge in [-0.3, -0.25) is 9.80 Å². The molecular weight excluding hydrogens is 386 g/mol. The molecule has 2 bridgehead atoms. The fourth-order valence-electron chi connectivity index (χ4n) is 3.59. The van der Waals surface area contributed by atoms with Crippen LogP contribution in [0.1, 0.15) is 31.1 Å². The van der Waals surface area contributed by atoms with Crippen molar-refractivity contribution < 1.29 is 4.42 Å². The maximum Gasteiger partial charge on any atom is 0.183 e. The lowest BCUT2D eigenvalue weighted by Gasteiger charge is -2.31. The first-order valence-corrected chi connectivity index (χ1v) is 8.79. The van der Waals surface area contributed by atoms with Crippen molar-refractivity contribution in [3.63, 3.8) is 0 Å². The number of halogens is 2. The van der Waals surface area contributed by atoms with Crippen LogP contribution in [0.3, 0.4) is 0 Å². The molecule has 2 aliphatic heterocycles. The van der Waals surface area contributed by atoms with Crippen molar-refractivity contribution in [1.82, 2.24) is 9.80 Å². The lowest BCUT2D eigenvalue weighted by Crippen LogP contribution is -2.40. The molecule has 112 valence electrons. The van der Waals surface area contributed by atoms with E-state index < -0.39 is 0 Å². The van der Waals surface area contributed by atoms with Gasteiger partial charge < -0.3 is 10.2 Å². The Morgan fingerprint density at radius 2 is 2.10 bits per heavy atom. The minimum atomic E-state index is 0.172. The Bertz CT molecular complexity index is 459. The van der Waals surface area contributed by atoms with Crippen LogP contribution in [0.15, 0.2) is 19.6 Å². The smallest absolute Gasteiger partial charge is 0.183 e. The molecule has 3 rings (SSSR count). The van der Waals surface area contributed by atoms with Crippen molar-refractivity contribution >= 4 is 31.9 Å². The topological polar surface area (TPSA) is 45.6 Å². The van der Waals surface area contributed by atoms with E-state index in [1.807, 2.05) is 6.07 Å². The van der Waals surface area contributed by atoms with Crippen molar-refractivity contribution in [3.8, 4) is 0 Å². The molecule has 2 N–H and O–H groups in total. The van der Waals surface area contributed by atoms with Crippen LogP contribution in [-0.2, 0) is 0 Å². The number of furan rings is 1. The van der Waals surface area contributed by atoms with E-state index in [0.29, 0.717) is 12.6 Å². The zero-order valence-corrected chi connectivity index (χ0v) is 14.9. The number of likely N-dealkylation sites (tertiary alicyclic amines) is 1. The van der Waals surface area contributed by atoms with Gasteiger partial charge in [-0.1, -0.05) is 0 Å². The number of hydrogen-bond acceptors (Lipinski definition) is 4. The highest BCUT2D eigenvalue weighted by Gasteiger charge is 2.37. The van der Waals surface area contributed by atoms with E-state index in [0.717, 1.165) is 34.0 Å². The highest BCUT2D eigenvalue weighted by Crippen LogP contribution is 2.35. The molecule has 2 fully saturated rings. The highest BCUT2D eigenvalue weighted by molar-refractivity contribution is 9.13. The van der Waals surface area contributed by atoms with E-state index in [2.05, 4.69) is 48.7 Å². The number of likely N-dealkylation sites (N-methyl/N-ethyl adjacent to an activating group) is 1. The van der Waals surface area contributed by atoms with Crippen molar-refractivity contribution in [1.29, 1.82) is 0 Å². The van der Waals surface area contributed by atoms with Crippen LogP contribution in [0.4, 0.5) is 0 Å². The average Bonchev–Trinajstić information content (AvgIpc) is 2.84. The Labute approximate surface area is 136 Å². The van der Waals surface area contributed by atoms with E-state index in [1.54, 1.807) is 0 Å². The van der Waals surface area contributed by atoms with Gasteiger partial charge in [-0.15, -0.1) is 0 Å². The van der Waals surface area contributed by atoms with E-state index >= 15 is 0 Å². The van der Waals surface area contributed by atoms with Crippen molar-refractivity contribution in [2.75, 3.05) is 26.7 Å². The fourth-order valence-corrected chi connectivity index (χ4v) is 4.20. The third-order valence-electron chi connectivity index (χ3n) is 4.84.